The van der Waals surface area contributed by atoms with Crippen LogP contribution in [0.2, 0.25) is 0 Å². The molecule has 0 bridgehead atoms. The van der Waals surface area contributed by atoms with Crippen LogP contribution in [0, 0.1) is 6.92 Å². The molecule has 1 aromatic rings. The molecule has 1 spiro atoms. The molecule has 1 N–H and O–H groups in total. The summed E-state index contributed by atoms with van der Waals surface area (Å²) in [7, 11) is 0. The zero-order valence-electron chi connectivity index (χ0n) is 11.2. The second-order valence-corrected chi connectivity index (χ2v) is 5.78. The van der Waals surface area contributed by atoms with Crippen LogP contribution in [0.25, 0.3) is 0 Å². The standard InChI is InChI=1S/C15H23NO2/c1-12-6-7-13(17-12)14-10-16-11-15(18-14)8-4-2-3-5-9-15/h6-7,14,16H,2-5,8-11H2,1H3. The molecule has 1 saturated heterocycles. The number of furan rings is 1. The van der Waals surface area contributed by atoms with Crippen molar-refractivity contribution < 1.29 is 9.15 Å². The second-order valence-electron chi connectivity index (χ2n) is 5.78. The SMILES string of the molecule is Cc1ccc(C2CNCC3(CCCCCC3)O2)o1. The van der Waals surface area contributed by atoms with Crippen LogP contribution in [0.1, 0.15) is 56.1 Å². The van der Waals surface area contributed by atoms with Gasteiger partial charge in [0.15, 0.2) is 0 Å². The Morgan fingerprint density at radius 3 is 2.61 bits per heavy atom. The average Bonchev–Trinajstić information content (AvgIpc) is 2.69. The van der Waals surface area contributed by atoms with Gasteiger partial charge in [0, 0.05) is 13.1 Å². The Bertz CT molecular complexity index is 391. The topological polar surface area (TPSA) is 34.4 Å². The van der Waals surface area contributed by atoms with Gasteiger partial charge in [0.25, 0.3) is 0 Å². The van der Waals surface area contributed by atoms with E-state index < -0.39 is 0 Å². The summed E-state index contributed by atoms with van der Waals surface area (Å²) in [4.78, 5) is 0. The largest absolute Gasteiger partial charge is 0.464 e. The van der Waals surface area contributed by atoms with Crippen LogP contribution in [-0.4, -0.2) is 18.7 Å². The van der Waals surface area contributed by atoms with Crippen LogP contribution in [0.3, 0.4) is 0 Å². The van der Waals surface area contributed by atoms with Crippen molar-refractivity contribution in [1.82, 2.24) is 5.32 Å². The first-order valence-corrected chi connectivity index (χ1v) is 7.22. The molecule has 1 aliphatic carbocycles. The highest BCUT2D eigenvalue weighted by Crippen LogP contribution is 2.37. The third-order valence-corrected chi connectivity index (χ3v) is 4.26. The zero-order chi connectivity index (χ0) is 12.4. The van der Waals surface area contributed by atoms with E-state index in [4.69, 9.17) is 9.15 Å². The third kappa shape index (κ3) is 2.47. The van der Waals surface area contributed by atoms with Gasteiger partial charge in [0.05, 0.1) is 5.60 Å². The number of hydrogen-bond donors (Lipinski definition) is 1. The lowest BCUT2D eigenvalue weighted by Gasteiger charge is -2.41. The van der Waals surface area contributed by atoms with Gasteiger partial charge < -0.3 is 14.5 Å². The summed E-state index contributed by atoms with van der Waals surface area (Å²) in [5.74, 6) is 1.94. The molecule has 1 aliphatic heterocycles. The molecule has 2 aliphatic rings. The Hall–Kier alpha value is -0.800. The molecule has 2 heterocycles. The lowest BCUT2D eigenvalue weighted by Crippen LogP contribution is -2.50. The Labute approximate surface area is 109 Å². The molecule has 1 aromatic heterocycles. The first-order chi connectivity index (χ1) is 8.77. The fraction of sp³-hybridized carbons (Fsp3) is 0.733. The molecule has 3 rings (SSSR count). The molecule has 0 aromatic carbocycles. The van der Waals surface area contributed by atoms with Gasteiger partial charge >= 0.3 is 0 Å². The van der Waals surface area contributed by atoms with Gasteiger partial charge in [0.2, 0.25) is 0 Å². The summed E-state index contributed by atoms with van der Waals surface area (Å²) in [6.07, 6.45) is 7.78. The number of aryl methyl sites for hydroxylation is 1. The molecule has 1 saturated carbocycles. The van der Waals surface area contributed by atoms with Crippen molar-refractivity contribution in [3.63, 3.8) is 0 Å². The molecular weight excluding hydrogens is 226 g/mol. The maximum absolute atomic E-state index is 6.44. The van der Waals surface area contributed by atoms with Gasteiger partial charge in [-0.3, -0.25) is 0 Å². The molecular formula is C15H23NO2. The normalized spacial score (nSPS) is 28.2. The van der Waals surface area contributed by atoms with Crippen LogP contribution >= 0.6 is 0 Å². The van der Waals surface area contributed by atoms with Crippen molar-refractivity contribution in [1.29, 1.82) is 0 Å². The fourth-order valence-corrected chi connectivity index (χ4v) is 3.27. The quantitative estimate of drug-likeness (QED) is 0.829. The van der Waals surface area contributed by atoms with E-state index in [1.54, 1.807) is 0 Å². The van der Waals surface area contributed by atoms with Gasteiger partial charge in [0.1, 0.15) is 17.6 Å². The lowest BCUT2D eigenvalue weighted by molar-refractivity contribution is -0.132. The van der Waals surface area contributed by atoms with Gasteiger partial charge in [-0.1, -0.05) is 25.7 Å². The van der Waals surface area contributed by atoms with E-state index in [1.165, 1.54) is 38.5 Å². The van der Waals surface area contributed by atoms with Crippen molar-refractivity contribution >= 4 is 0 Å². The smallest absolute Gasteiger partial charge is 0.134 e. The molecule has 2 fully saturated rings. The average molecular weight is 249 g/mol. The van der Waals surface area contributed by atoms with E-state index in [0.717, 1.165) is 24.6 Å². The molecule has 0 amide bonds. The minimum atomic E-state index is 0.0557. The van der Waals surface area contributed by atoms with E-state index in [1.807, 2.05) is 13.0 Å². The van der Waals surface area contributed by atoms with Crippen LogP contribution in [0.4, 0.5) is 0 Å². The summed E-state index contributed by atoms with van der Waals surface area (Å²) in [6.45, 7) is 3.86. The Kier molecular flexibility index (Phi) is 3.44. The van der Waals surface area contributed by atoms with Crippen LogP contribution in [-0.2, 0) is 4.74 Å². The fourth-order valence-electron chi connectivity index (χ4n) is 3.27. The van der Waals surface area contributed by atoms with Crippen molar-refractivity contribution in [2.45, 2.75) is 57.2 Å². The highest BCUT2D eigenvalue weighted by molar-refractivity contribution is 5.10. The third-order valence-electron chi connectivity index (χ3n) is 4.26. The number of nitrogens with one attached hydrogen (secondary N) is 1. The van der Waals surface area contributed by atoms with Gasteiger partial charge in [-0.2, -0.15) is 0 Å². The number of hydrogen-bond acceptors (Lipinski definition) is 3. The summed E-state index contributed by atoms with van der Waals surface area (Å²) in [5, 5.41) is 3.55. The van der Waals surface area contributed by atoms with Crippen molar-refractivity contribution in [2.75, 3.05) is 13.1 Å². The zero-order valence-corrected chi connectivity index (χ0v) is 11.2. The highest BCUT2D eigenvalue weighted by Gasteiger charge is 2.38. The maximum atomic E-state index is 6.44. The predicted octanol–water partition coefficient (Wildman–Crippen LogP) is 3.34. The Morgan fingerprint density at radius 2 is 1.94 bits per heavy atom. The second kappa shape index (κ2) is 5.06. The van der Waals surface area contributed by atoms with Crippen molar-refractivity contribution in [3.8, 4) is 0 Å². The molecule has 18 heavy (non-hydrogen) atoms. The van der Waals surface area contributed by atoms with E-state index >= 15 is 0 Å². The summed E-state index contributed by atoms with van der Waals surface area (Å²) in [6, 6.07) is 4.07. The minimum absolute atomic E-state index is 0.0557. The number of rotatable bonds is 1. The minimum Gasteiger partial charge on any atom is -0.464 e. The van der Waals surface area contributed by atoms with Crippen LogP contribution < -0.4 is 5.32 Å². The first-order valence-electron chi connectivity index (χ1n) is 7.22. The molecule has 3 nitrogen and oxygen atoms in total. The van der Waals surface area contributed by atoms with Crippen molar-refractivity contribution in [2.24, 2.45) is 0 Å². The molecule has 1 unspecified atom stereocenters. The predicted molar refractivity (Wildman–Crippen MR) is 70.6 cm³/mol. The van der Waals surface area contributed by atoms with Gasteiger partial charge in [-0.05, 0) is 31.9 Å². The first kappa shape index (κ1) is 12.2. The highest BCUT2D eigenvalue weighted by atomic mass is 16.5. The van der Waals surface area contributed by atoms with E-state index in [9.17, 15) is 0 Å². The Balaban J connectivity index is 1.74. The van der Waals surface area contributed by atoms with Crippen LogP contribution in [0.15, 0.2) is 16.5 Å². The van der Waals surface area contributed by atoms with Gasteiger partial charge in [-0.15, -0.1) is 0 Å². The monoisotopic (exact) mass is 249 g/mol. The molecule has 0 radical (unpaired) electrons. The van der Waals surface area contributed by atoms with E-state index in [2.05, 4.69) is 11.4 Å². The van der Waals surface area contributed by atoms with E-state index in [-0.39, 0.29) is 11.7 Å². The summed E-state index contributed by atoms with van der Waals surface area (Å²) >= 11 is 0. The number of ether oxygens (including phenoxy) is 1. The summed E-state index contributed by atoms with van der Waals surface area (Å²) < 4.78 is 12.2. The maximum Gasteiger partial charge on any atom is 0.134 e. The van der Waals surface area contributed by atoms with E-state index in [0.29, 0.717) is 0 Å². The number of morpholine rings is 1. The molecule has 3 heteroatoms. The summed E-state index contributed by atoms with van der Waals surface area (Å²) in [5.41, 5.74) is 0.0557. The molecule has 100 valence electrons. The molecule has 1 atom stereocenters. The lowest BCUT2D eigenvalue weighted by atomic mass is 9.92. The van der Waals surface area contributed by atoms with Gasteiger partial charge in [-0.25, -0.2) is 0 Å². The van der Waals surface area contributed by atoms with Crippen molar-refractivity contribution in [3.05, 3.63) is 23.7 Å². The Morgan fingerprint density at radius 1 is 1.17 bits per heavy atom. The van der Waals surface area contributed by atoms with Crippen LogP contribution in [0.5, 0.6) is 0 Å².